The summed E-state index contributed by atoms with van der Waals surface area (Å²) >= 11 is 0. The summed E-state index contributed by atoms with van der Waals surface area (Å²) in [6.45, 7) is 0. The highest BCUT2D eigenvalue weighted by Gasteiger charge is 2.28. The maximum Gasteiger partial charge on any atom is 0.231 e. The van der Waals surface area contributed by atoms with E-state index in [1.807, 2.05) is 0 Å². The fourth-order valence-corrected chi connectivity index (χ4v) is 3.85. The van der Waals surface area contributed by atoms with Gasteiger partial charge in [-0.3, -0.25) is 9.59 Å². The first-order chi connectivity index (χ1) is 7.75. The summed E-state index contributed by atoms with van der Waals surface area (Å²) in [5.41, 5.74) is 0. The minimum atomic E-state index is 0.0885. The summed E-state index contributed by atoms with van der Waals surface area (Å²) < 4.78 is 0. The highest BCUT2D eigenvalue weighted by molar-refractivity contribution is 8.77. The second-order valence-corrected chi connectivity index (χ2v) is 6.62. The van der Waals surface area contributed by atoms with Crippen molar-refractivity contribution in [3.63, 3.8) is 0 Å². The van der Waals surface area contributed by atoms with E-state index in [2.05, 4.69) is 10.6 Å². The van der Waals surface area contributed by atoms with Crippen LogP contribution in [-0.2, 0) is 9.59 Å². The number of nitrogens with one attached hydrogen (secondary N) is 2. The molecular formula is C10H16N2O2S2. The van der Waals surface area contributed by atoms with Gasteiger partial charge >= 0.3 is 0 Å². The van der Waals surface area contributed by atoms with Gasteiger partial charge in [0.15, 0.2) is 0 Å². The third-order valence-electron chi connectivity index (χ3n) is 2.92. The van der Waals surface area contributed by atoms with Crippen LogP contribution in [0, 0.1) is 0 Å². The Hall–Kier alpha value is -0.360. The number of rotatable bonds is 0. The Morgan fingerprint density at radius 2 is 1.31 bits per heavy atom. The number of fused-ring (bicyclic) bond motifs is 1. The van der Waals surface area contributed by atoms with Crippen molar-refractivity contribution in [3.8, 4) is 0 Å². The monoisotopic (exact) mass is 260 g/mol. The SMILES string of the molecule is O=C1CSSCC(=O)N[C@@H]2CCCC[C@H]2N1. The van der Waals surface area contributed by atoms with Crippen LogP contribution in [-0.4, -0.2) is 35.4 Å². The molecule has 2 fully saturated rings. The van der Waals surface area contributed by atoms with Gasteiger partial charge in [0.25, 0.3) is 0 Å². The average Bonchev–Trinajstić information content (AvgIpc) is 2.27. The molecule has 0 aromatic heterocycles. The number of hydrogen-bond acceptors (Lipinski definition) is 4. The Balaban J connectivity index is 2.01. The molecule has 0 aromatic rings. The molecule has 0 radical (unpaired) electrons. The number of carbonyl (C=O) groups is 2. The van der Waals surface area contributed by atoms with Gasteiger partial charge in [-0.2, -0.15) is 0 Å². The largest absolute Gasteiger partial charge is 0.351 e. The fraction of sp³-hybridized carbons (Fsp3) is 0.800. The Labute approximate surface area is 103 Å². The van der Waals surface area contributed by atoms with Crippen molar-refractivity contribution in [3.05, 3.63) is 0 Å². The van der Waals surface area contributed by atoms with Crippen molar-refractivity contribution >= 4 is 33.4 Å². The van der Waals surface area contributed by atoms with E-state index in [1.54, 1.807) is 0 Å². The van der Waals surface area contributed by atoms with E-state index in [0.717, 1.165) is 25.7 Å². The first-order valence-electron chi connectivity index (χ1n) is 5.59. The molecule has 1 aliphatic carbocycles. The molecule has 0 spiro atoms. The molecule has 2 atom stereocenters. The first kappa shape index (κ1) is 12.1. The number of amides is 2. The van der Waals surface area contributed by atoms with E-state index in [-0.39, 0.29) is 23.9 Å². The van der Waals surface area contributed by atoms with Gasteiger partial charge in [0.2, 0.25) is 11.8 Å². The normalized spacial score (nSPS) is 32.2. The fourth-order valence-electron chi connectivity index (χ4n) is 2.16. The van der Waals surface area contributed by atoms with Crippen LogP contribution < -0.4 is 10.6 Å². The number of carbonyl (C=O) groups excluding carboxylic acids is 2. The van der Waals surface area contributed by atoms with E-state index in [0.29, 0.717) is 11.5 Å². The lowest BCUT2D eigenvalue weighted by atomic mass is 9.90. The Kier molecular flexibility index (Phi) is 4.40. The third-order valence-corrected chi connectivity index (χ3v) is 5.06. The zero-order chi connectivity index (χ0) is 11.4. The van der Waals surface area contributed by atoms with Gasteiger partial charge in [-0.05, 0) is 12.8 Å². The summed E-state index contributed by atoms with van der Waals surface area (Å²) in [4.78, 5) is 23.2. The lowest BCUT2D eigenvalue weighted by Crippen LogP contribution is -2.54. The molecule has 1 saturated heterocycles. The summed E-state index contributed by atoms with van der Waals surface area (Å²) in [5.74, 6) is 1.07. The van der Waals surface area contributed by atoms with Crippen molar-refractivity contribution < 1.29 is 9.59 Å². The minimum Gasteiger partial charge on any atom is -0.351 e. The average molecular weight is 260 g/mol. The van der Waals surface area contributed by atoms with Gasteiger partial charge in [0, 0.05) is 12.1 Å². The van der Waals surface area contributed by atoms with Crippen molar-refractivity contribution in [1.29, 1.82) is 0 Å². The molecule has 90 valence electrons. The molecule has 2 rings (SSSR count). The quantitative estimate of drug-likeness (QED) is 0.636. The first-order valence-corrected chi connectivity index (χ1v) is 8.07. The highest BCUT2D eigenvalue weighted by atomic mass is 33.1. The van der Waals surface area contributed by atoms with Gasteiger partial charge < -0.3 is 10.6 Å². The van der Waals surface area contributed by atoms with E-state index in [1.165, 1.54) is 21.6 Å². The molecule has 2 amide bonds. The molecule has 4 nitrogen and oxygen atoms in total. The summed E-state index contributed by atoms with van der Waals surface area (Å²) in [6.07, 6.45) is 4.24. The number of hydrogen-bond donors (Lipinski definition) is 2. The van der Waals surface area contributed by atoms with E-state index >= 15 is 0 Å². The van der Waals surface area contributed by atoms with E-state index in [4.69, 9.17) is 0 Å². The lowest BCUT2D eigenvalue weighted by molar-refractivity contribution is -0.122. The molecule has 1 heterocycles. The van der Waals surface area contributed by atoms with Crippen molar-refractivity contribution in [1.82, 2.24) is 10.6 Å². The summed E-state index contributed by atoms with van der Waals surface area (Å²) in [5, 5.41) is 6.04. The Bertz CT molecular complexity index is 258. The second kappa shape index (κ2) is 5.82. The molecule has 2 N–H and O–H groups in total. The lowest BCUT2D eigenvalue weighted by Gasteiger charge is -2.33. The van der Waals surface area contributed by atoms with Crippen molar-refractivity contribution in [2.45, 2.75) is 37.8 Å². The van der Waals surface area contributed by atoms with Crippen molar-refractivity contribution in [2.75, 3.05) is 11.5 Å². The standard InChI is InChI=1S/C10H16N2O2S2/c13-9-5-15-16-6-10(14)12-8-4-2-1-3-7(8)11-9/h7-8H,1-6H2,(H,11,13)(H,12,14)/t7-,8-/m1/s1. The maximum absolute atomic E-state index is 11.6. The second-order valence-electron chi connectivity index (χ2n) is 4.16. The van der Waals surface area contributed by atoms with Gasteiger partial charge in [0.1, 0.15) is 0 Å². The predicted octanol–water partition coefficient (Wildman–Crippen LogP) is 0.925. The van der Waals surface area contributed by atoms with Crippen LogP contribution in [0.4, 0.5) is 0 Å². The zero-order valence-electron chi connectivity index (χ0n) is 9.03. The minimum absolute atomic E-state index is 0.0885. The van der Waals surface area contributed by atoms with Crippen LogP contribution in [0.1, 0.15) is 25.7 Å². The van der Waals surface area contributed by atoms with Gasteiger partial charge in [-0.15, -0.1) is 0 Å². The van der Waals surface area contributed by atoms with Gasteiger partial charge in [0.05, 0.1) is 11.5 Å². The molecule has 2 aliphatic rings. The van der Waals surface area contributed by atoms with Crippen LogP contribution in [0.3, 0.4) is 0 Å². The molecule has 16 heavy (non-hydrogen) atoms. The molecule has 6 heteroatoms. The molecule has 0 bridgehead atoms. The van der Waals surface area contributed by atoms with Crippen LogP contribution in [0.2, 0.25) is 0 Å². The van der Waals surface area contributed by atoms with Gasteiger partial charge in [-0.1, -0.05) is 34.4 Å². The maximum atomic E-state index is 11.6. The van der Waals surface area contributed by atoms with Crippen LogP contribution >= 0.6 is 21.6 Å². The Morgan fingerprint density at radius 3 is 1.75 bits per heavy atom. The third kappa shape index (κ3) is 3.31. The predicted molar refractivity (Wildman–Crippen MR) is 67.2 cm³/mol. The van der Waals surface area contributed by atoms with E-state index < -0.39 is 0 Å². The molecule has 1 saturated carbocycles. The van der Waals surface area contributed by atoms with Crippen LogP contribution in [0.15, 0.2) is 0 Å². The Morgan fingerprint density at radius 1 is 0.875 bits per heavy atom. The van der Waals surface area contributed by atoms with Crippen LogP contribution in [0.25, 0.3) is 0 Å². The molecular weight excluding hydrogens is 244 g/mol. The van der Waals surface area contributed by atoms with Crippen molar-refractivity contribution in [2.24, 2.45) is 0 Å². The van der Waals surface area contributed by atoms with E-state index in [9.17, 15) is 9.59 Å². The zero-order valence-corrected chi connectivity index (χ0v) is 10.7. The smallest absolute Gasteiger partial charge is 0.231 e. The topological polar surface area (TPSA) is 58.2 Å². The molecule has 0 aromatic carbocycles. The molecule has 1 aliphatic heterocycles. The molecule has 0 unspecified atom stereocenters. The van der Waals surface area contributed by atoms with Crippen LogP contribution in [0.5, 0.6) is 0 Å². The summed E-state index contributed by atoms with van der Waals surface area (Å²) in [7, 11) is 2.89. The summed E-state index contributed by atoms with van der Waals surface area (Å²) in [6, 6.07) is 0.266. The van der Waals surface area contributed by atoms with Gasteiger partial charge in [-0.25, -0.2) is 0 Å². The highest BCUT2D eigenvalue weighted by Crippen LogP contribution is 2.24.